The van der Waals surface area contributed by atoms with Crippen molar-refractivity contribution >= 4 is 0 Å². The normalized spacial score (nSPS) is 22.0. The van der Waals surface area contributed by atoms with Gasteiger partial charge in [-0.05, 0) is 6.42 Å². The lowest BCUT2D eigenvalue weighted by molar-refractivity contribution is -0.134. The van der Waals surface area contributed by atoms with Crippen molar-refractivity contribution in [1.82, 2.24) is 0 Å². The summed E-state index contributed by atoms with van der Waals surface area (Å²) in [7, 11) is 0. The quantitative estimate of drug-likeness (QED) is 0.375. The predicted octanol–water partition coefficient (Wildman–Crippen LogP) is 1.49. The third-order valence-corrected chi connectivity index (χ3v) is 3.39. The fraction of sp³-hybridized carbons (Fsp3) is 1.00. The van der Waals surface area contributed by atoms with Crippen molar-refractivity contribution in [3.05, 3.63) is 0 Å². The van der Waals surface area contributed by atoms with Crippen LogP contribution in [-0.4, -0.2) is 99.2 Å². The van der Waals surface area contributed by atoms with Crippen LogP contribution in [0.3, 0.4) is 0 Å². The van der Waals surface area contributed by atoms with Crippen LogP contribution in [0.2, 0.25) is 0 Å². The molecule has 0 aromatic rings. The van der Waals surface area contributed by atoms with Crippen LogP contribution in [0.25, 0.3) is 0 Å². The summed E-state index contributed by atoms with van der Waals surface area (Å²) < 4.78 is 28.2. The summed E-state index contributed by atoms with van der Waals surface area (Å²) in [4.78, 5) is 0. The summed E-state index contributed by atoms with van der Waals surface area (Å²) in [5, 5.41) is 26.9. The maximum atomic E-state index is 8.99. The standard InChI is InChI=1S/C15H30O8.4CH4/c1-2-6-19-10-12(20-7-3-16)15-14(22-9-5-18)13(11-23-15)21-8-4-17;;;;/h12-18H,2-11H2,1H3;4*1H4. The van der Waals surface area contributed by atoms with Crippen LogP contribution in [0.15, 0.2) is 0 Å². The summed E-state index contributed by atoms with van der Waals surface area (Å²) in [6.07, 6.45) is -0.702. The van der Waals surface area contributed by atoms with Crippen molar-refractivity contribution in [1.29, 1.82) is 0 Å². The Labute approximate surface area is 166 Å². The van der Waals surface area contributed by atoms with Gasteiger partial charge in [-0.15, -0.1) is 0 Å². The van der Waals surface area contributed by atoms with Crippen molar-refractivity contribution in [2.75, 3.05) is 59.5 Å². The summed E-state index contributed by atoms with van der Waals surface area (Å²) >= 11 is 0. The highest BCUT2D eigenvalue weighted by molar-refractivity contribution is 4.91. The second-order valence-electron chi connectivity index (χ2n) is 5.20. The summed E-state index contributed by atoms with van der Waals surface area (Å²) in [6, 6.07) is 0. The van der Waals surface area contributed by atoms with Crippen molar-refractivity contribution in [3.8, 4) is 0 Å². The Morgan fingerprint density at radius 2 is 1.48 bits per heavy atom. The van der Waals surface area contributed by atoms with Gasteiger partial charge in [0.1, 0.15) is 24.4 Å². The molecule has 1 heterocycles. The third-order valence-electron chi connectivity index (χ3n) is 3.39. The molecule has 0 saturated carbocycles. The van der Waals surface area contributed by atoms with E-state index in [-0.39, 0.29) is 75.5 Å². The Bertz CT molecular complexity index is 280. The van der Waals surface area contributed by atoms with Crippen LogP contribution < -0.4 is 0 Å². The highest BCUT2D eigenvalue weighted by Crippen LogP contribution is 2.25. The maximum Gasteiger partial charge on any atom is 0.115 e. The Hall–Kier alpha value is -0.320. The Kier molecular flexibility index (Phi) is 27.8. The average molecular weight is 403 g/mol. The van der Waals surface area contributed by atoms with E-state index >= 15 is 0 Å². The molecule has 0 aliphatic carbocycles. The molecule has 4 unspecified atom stereocenters. The van der Waals surface area contributed by atoms with Crippen LogP contribution in [0.5, 0.6) is 0 Å². The van der Waals surface area contributed by atoms with Crippen LogP contribution >= 0.6 is 0 Å². The molecule has 1 fully saturated rings. The number of aliphatic hydroxyl groups excluding tert-OH is 3. The molecule has 1 rings (SSSR count). The highest BCUT2D eigenvalue weighted by Gasteiger charge is 2.43. The van der Waals surface area contributed by atoms with Gasteiger partial charge in [0, 0.05) is 6.61 Å². The van der Waals surface area contributed by atoms with Gasteiger partial charge in [0.2, 0.25) is 0 Å². The molecule has 1 aliphatic heterocycles. The van der Waals surface area contributed by atoms with E-state index in [4.69, 9.17) is 39.0 Å². The van der Waals surface area contributed by atoms with Crippen LogP contribution in [0.1, 0.15) is 43.1 Å². The number of hydrogen-bond donors (Lipinski definition) is 3. The second-order valence-corrected chi connectivity index (χ2v) is 5.20. The first-order valence-corrected chi connectivity index (χ1v) is 8.15. The first kappa shape index (κ1) is 34.2. The minimum atomic E-state index is -0.428. The van der Waals surface area contributed by atoms with E-state index in [0.717, 1.165) is 6.42 Å². The smallest absolute Gasteiger partial charge is 0.115 e. The van der Waals surface area contributed by atoms with Gasteiger partial charge in [0.05, 0.1) is 52.9 Å². The van der Waals surface area contributed by atoms with Gasteiger partial charge < -0.3 is 39.0 Å². The highest BCUT2D eigenvalue weighted by atomic mass is 16.6. The van der Waals surface area contributed by atoms with Gasteiger partial charge in [0.25, 0.3) is 0 Å². The van der Waals surface area contributed by atoms with Gasteiger partial charge in [-0.25, -0.2) is 0 Å². The van der Waals surface area contributed by atoms with Gasteiger partial charge >= 0.3 is 0 Å². The summed E-state index contributed by atoms with van der Waals surface area (Å²) in [5.41, 5.74) is 0. The van der Waals surface area contributed by atoms with Gasteiger partial charge in [-0.3, -0.25) is 0 Å². The molecule has 1 saturated heterocycles. The summed E-state index contributed by atoms with van der Waals surface area (Å²) in [6.45, 7) is 3.50. The molecule has 0 bridgehead atoms. The Morgan fingerprint density at radius 1 is 0.889 bits per heavy atom. The Balaban J connectivity index is -0.000000661. The molecule has 0 spiro atoms. The zero-order chi connectivity index (χ0) is 16.9. The zero-order valence-electron chi connectivity index (χ0n) is 13.8. The van der Waals surface area contributed by atoms with E-state index in [2.05, 4.69) is 0 Å². The van der Waals surface area contributed by atoms with Crippen LogP contribution in [0, 0.1) is 0 Å². The molecular weight excluding hydrogens is 356 g/mol. The van der Waals surface area contributed by atoms with E-state index in [9.17, 15) is 0 Å². The summed E-state index contributed by atoms with van der Waals surface area (Å²) in [5.74, 6) is 0. The lowest BCUT2D eigenvalue weighted by atomic mass is 10.1. The molecule has 170 valence electrons. The van der Waals surface area contributed by atoms with E-state index in [1.54, 1.807) is 0 Å². The second kappa shape index (κ2) is 22.0. The number of hydrogen-bond acceptors (Lipinski definition) is 8. The number of ether oxygens (including phenoxy) is 5. The predicted molar refractivity (Wildman–Crippen MR) is 108 cm³/mol. The lowest BCUT2D eigenvalue weighted by Gasteiger charge is -2.29. The largest absolute Gasteiger partial charge is 0.394 e. The minimum absolute atomic E-state index is 0. The van der Waals surface area contributed by atoms with Crippen LogP contribution in [0.4, 0.5) is 0 Å². The lowest BCUT2D eigenvalue weighted by Crippen LogP contribution is -2.45. The molecule has 0 aromatic carbocycles. The van der Waals surface area contributed by atoms with E-state index < -0.39 is 18.3 Å². The molecule has 27 heavy (non-hydrogen) atoms. The SMILES string of the molecule is C.C.C.C.CCCOCC(OCCO)C1OCC(OCCO)C1OCCO. The first-order valence-electron chi connectivity index (χ1n) is 8.15. The molecule has 4 atom stereocenters. The molecule has 1 aliphatic rings. The zero-order valence-corrected chi connectivity index (χ0v) is 13.8. The van der Waals surface area contributed by atoms with Crippen molar-refractivity contribution in [2.24, 2.45) is 0 Å². The first-order chi connectivity index (χ1) is 11.3. The molecule has 8 nitrogen and oxygen atoms in total. The van der Waals surface area contributed by atoms with Crippen molar-refractivity contribution < 1.29 is 39.0 Å². The average Bonchev–Trinajstić information content (AvgIpc) is 2.96. The maximum absolute atomic E-state index is 8.99. The molecule has 0 radical (unpaired) electrons. The molecule has 0 amide bonds. The topological polar surface area (TPSA) is 107 Å². The van der Waals surface area contributed by atoms with Gasteiger partial charge in [0.15, 0.2) is 0 Å². The monoisotopic (exact) mass is 402 g/mol. The molecular formula is C19H46O8. The number of aliphatic hydroxyl groups is 3. The van der Waals surface area contributed by atoms with Crippen molar-refractivity contribution in [2.45, 2.75) is 67.5 Å². The third kappa shape index (κ3) is 12.7. The number of rotatable bonds is 14. The fourth-order valence-corrected chi connectivity index (χ4v) is 2.45. The molecule has 8 heteroatoms. The Morgan fingerprint density at radius 3 is 2.04 bits per heavy atom. The van der Waals surface area contributed by atoms with E-state index in [0.29, 0.717) is 19.8 Å². The molecule has 0 aromatic heterocycles. The van der Waals surface area contributed by atoms with Crippen LogP contribution in [-0.2, 0) is 23.7 Å². The van der Waals surface area contributed by atoms with Gasteiger partial charge in [-0.1, -0.05) is 36.6 Å². The minimum Gasteiger partial charge on any atom is -0.394 e. The van der Waals surface area contributed by atoms with Crippen molar-refractivity contribution in [3.63, 3.8) is 0 Å². The van der Waals surface area contributed by atoms with Gasteiger partial charge in [-0.2, -0.15) is 0 Å². The fourth-order valence-electron chi connectivity index (χ4n) is 2.45. The molecule has 3 N–H and O–H groups in total. The van der Waals surface area contributed by atoms with E-state index in [1.165, 1.54) is 0 Å². The van der Waals surface area contributed by atoms with E-state index in [1.807, 2.05) is 6.92 Å².